The molecule has 1 aliphatic rings. The first kappa shape index (κ1) is 13.0. The lowest BCUT2D eigenvalue weighted by Gasteiger charge is -2.29. The molecule has 0 aliphatic heterocycles. The van der Waals surface area contributed by atoms with Crippen molar-refractivity contribution in [3.63, 3.8) is 0 Å². The molecule has 0 spiro atoms. The summed E-state index contributed by atoms with van der Waals surface area (Å²) in [5.41, 5.74) is 0. The zero-order chi connectivity index (χ0) is 11.3. The van der Waals surface area contributed by atoms with Gasteiger partial charge in [-0.1, -0.05) is 33.1 Å². The van der Waals surface area contributed by atoms with Gasteiger partial charge in [-0.25, -0.2) is 13.1 Å². The minimum absolute atomic E-state index is 0.181. The van der Waals surface area contributed by atoms with Crippen molar-refractivity contribution < 1.29 is 8.42 Å². The Hall–Kier alpha value is -0.0900. The number of hydrogen-bond acceptors (Lipinski definition) is 2. The third-order valence-electron chi connectivity index (χ3n) is 3.21. The first-order chi connectivity index (χ1) is 7.05. The Morgan fingerprint density at radius 2 is 1.93 bits per heavy atom. The van der Waals surface area contributed by atoms with E-state index in [2.05, 4.69) is 11.6 Å². The Morgan fingerprint density at radius 3 is 2.53 bits per heavy atom. The van der Waals surface area contributed by atoms with Gasteiger partial charge < -0.3 is 0 Å². The molecule has 0 unspecified atom stereocenters. The molecule has 1 N–H and O–H groups in total. The van der Waals surface area contributed by atoms with Gasteiger partial charge in [0.05, 0.1) is 5.75 Å². The summed E-state index contributed by atoms with van der Waals surface area (Å²) in [6, 6.07) is 0.181. The van der Waals surface area contributed by atoms with Gasteiger partial charge in [-0.15, -0.1) is 0 Å². The van der Waals surface area contributed by atoms with E-state index in [0.717, 1.165) is 32.1 Å². The van der Waals surface area contributed by atoms with E-state index in [1.165, 1.54) is 6.42 Å². The van der Waals surface area contributed by atoms with Crippen LogP contribution in [0, 0.1) is 5.92 Å². The maximum Gasteiger partial charge on any atom is 0.211 e. The van der Waals surface area contributed by atoms with E-state index in [0.29, 0.717) is 5.92 Å². The molecular formula is C11H23NO2S. The molecule has 1 aliphatic carbocycles. The summed E-state index contributed by atoms with van der Waals surface area (Å²) in [6.45, 7) is 4.16. The van der Waals surface area contributed by atoms with Crippen molar-refractivity contribution in [1.29, 1.82) is 0 Å². The van der Waals surface area contributed by atoms with Crippen molar-refractivity contribution in [2.75, 3.05) is 5.75 Å². The largest absolute Gasteiger partial charge is 0.212 e. The SMILES string of the molecule is CCCCS(=O)(=O)N[C@@H]1CCCC[C@H]1C. The van der Waals surface area contributed by atoms with Gasteiger partial charge in [0.25, 0.3) is 0 Å². The Balaban J connectivity index is 2.44. The van der Waals surface area contributed by atoms with Gasteiger partial charge in [-0.05, 0) is 25.2 Å². The second-order valence-corrected chi connectivity index (χ2v) is 6.53. The highest BCUT2D eigenvalue weighted by Gasteiger charge is 2.25. The molecule has 0 heterocycles. The number of hydrogen-bond donors (Lipinski definition) is 1. The van der Waals surface area contributed by atoms with Crippen LogP contribution in [0.3, 0.4) is 0 Å². The normalized spacial score (nSPS) is 27.9. The molecular weight excluding hydrogens is 210 g/mol. The molecule has 0 aromatic carbocycles. The van der Waals surface area contributed by atoms with Gasteiger partial charge in [0, 0.05) is 6.04 Å². The molecule has 15 heavy (non-hydrogen) atoms. The fourth-order valence-corrected chi connectivity index (χ4v) is 3.71. The van der Waals surface area contributed by atoms with Crippen LogP contribution < -0.4 is 4.72 Å². The van der Waals surface area contributed by atoms with Crippen LogP contribution in [0.15, 0.2) is 0 Å². The predicted molar refractivity (Wildman–Crippen MR) is 63.3 cm³/mol. The van der Waals surface area contributed by atoms with Gasteiger partial charge in [0.1, 0.15) is 0 Å². The lowest BCUT2D eigenvalue weighted by Crippen LogP contribution is -2.42. The third kappa shape index (κ3) is 4.51. The highest BCUT2D eigenvalue weighted by molar-refractivity contribution is 7.89. The first-order valence-corrected chi connectivity index (χ1v) is 7.70. The number of unbranched alkanes of at least 4 members (excludes halogenated alkanes) is 1. The molecule has 90 valence electrons. The number of sulfonamides is 1. The molecule has 1 fully saturated rings. The number of rotatable bonds is 5. The van der Waals surface area contributed by atoms with Crippen molar-refractivity contribution in [3.05, 3.63) is 0 Å². The monoisotopic (exact) mass is 233 g/mol. The second kappa shape index (κ2) is 5.85. The topological polar surface area (TPSA) is 46.2 Å². The predicted octanol–water partition coefficient (Wildman–Crippen LogP) is 2.28. The molecule has 1 rings (SSSR count). The van der Waals surface area contributed by atoms with Gasteiger partial charge in [0.2, 0.25) is 10.0 Å². The van der Waals surface area contributed by atoms with Crippen LogP contribution in [0.2, 0.25) is 0 Å². The highest BCUT2D eigenvalue weighted by atomic mass is 32.2. The summed E-state index contributed by atoms with van der Waals surface area (Å²) in [7, 11) is -3.03. The van der Waals surface area contributed by atoms with Crippen LogP contribution in [0.5, 0.6) is 0 Å². The molecule has 4 heteroatoms. The summed E-state index contributed by atoms with van der Waals surface area (Å²) in [5.74, 6) is 0.780. The summed E-state index contributed by atoms with van der Waals surface area (Å²) in [4.78, 5) is 0. The quantitative estimate of drug-likeness (QED) is 0.792. The van der Waals surface area contributed by atoms with Gasteiger partial charge in [-0.2, -0.15) is 0 Å². The molecule has 0 saturated heterocycles. The third-order valence-corrected chi connectivity index (χ3v) is 4.70. The zero-order valence-electron chi connectivity index (χ0n) is 9.83. The average Bonchev–Trinajstić information content (AvgIpc) is 2.18. The van der Waals surface area contributed by atoms with E-state index in [4.69, 9.17) is 0 Å². The number of nitrogens with one attached hydrogen (secondary N) is 1. The van der Waals surface area contributed by atoms with Crippen LogP contribution in [0.1, 0.15) is 52.4 Å². The van der Waals surface area contributed by atoms with E-state index < -0.39 is 10.0 Å². The molecule has 2 atom stereocenters. The Labute approximate surface area is 93.7 Å². The van der Waals surface area contributed by atoms with Crippen LogP contribution in [0.4, 0.5) is 0 Å². The minimum atomic E-state index is -3.03. The molecule has 1 saturated carbocycles. The van der Waals surface area contributed by atoms with Crippen molar-refractivity contribution in [2.24, 2.45) is 5.92 Å². The molecule has 0 bridgehead atoms. The minimum Gasteiger partial charge on any atom is -0.212 e. The Kier molecular flexibility index (Phi) is 5.06. The fraction of sp³-hybridized carbons (Fsp3) is 1.00. The van der Waals surface area contributed by atoms with E-state index in [9.17, 15) is 8.42 Å². The van der Waals surface area contributed by atoms with Crippen molar-refractivity contribution in [1.82, 2.24) is 4.72 Å². The van der Waals surface area contributed by atoms with Crippen LogP contribution >= 0.6 is 0 Å². The van der Waals surface area contributed by atoms with Crippen molar-refractivity contribution >= 4 is 10.0 Å². The van der Waals surface area contributed by atoms with E-state index in [1.54, 1.807) is 0 Å². The summed E-state index contributed by atoms with van der Waals surface area (Å²) in [6.07, 6.45) is 6.25. The molecule has 0 amide bonds. The first-order valence-electron chi connectivity index (χ1n) is 6.05. The lowest BCUT2D eigenvalue weighted by molar-refractivity contribution is 0.310. The summed E-state index contributed by atoms with van der Waals surface area (Å²) >= 11 is 0. The fourth-order valence-electron chi connectivity index (χ4n) is 2.12. The van der Waals surface area contributed by atoms with Gasteiger partial charge in [0.15, 0.2) is 0 Å². The van der Waals surface area contributed by atoms with Crippen LogP contribution in [-0.2, 0) is 10.0 Å². The zero-order valence-corrected chi connectivity index (χ0v) is 10.6. The lowest BCUT2D eigenvalue weighted by atomic mass is 9.87. The molecule has 0 aromatic rings. The average molecular weight is 233 g/mol. The Morgan fingerprint density at radius 1 is 1.27 bits per heavy atom. The molecule has 3 nitrogen and oxygen atoms in total. The maximum absolute atomic E-state index is 11.7. The summed E-state index contributed by atoms with van der Waals surface area (Å²) in [5, 5.41) is 0. The Bertz CT molecular complexity index is 274. The van der Waals surface area contributed by atoms with E-state index in [-0.39, 0.29) is 11.8 Å². The van der Waals surface area contributed by atoms with Gasteiger partial charge >= 0.3 is 0 Å². The molecule has 0 radical (unpaired) electrons. The molecule has 0 aromatic heterocycles. The van der Waals surface area contributed by atoms with E-state index in [1.807, 2.05) is 6.92 Å². The van der Waals surface area contributed by atoms with Crippen LogP contribution in [-0.4, -0.2) is 20.2 Å². The smallest absolute Gasteiger partial charge is 0.211 e. The second-order valence-electron chi connectivity index (χ2n) is 4.66. The summed E-state index contributed by atoms with van der Waals surface area (Å²) < 4.78 is 26.2. The van der Waals surface area contributed by atoms with Crippen LogP contribution in [0.25, 0.3) is 0 Å². The van der Waals surface area contributed by atoms with Crippen molar-refractivity contribution in [3.8, 4) is 0 Å². The maximum atomic E-state index is 11.7. The van der Waals surface area contributed by atoms with Gasteiger partial charge in [-0.3, -0.25) is 0 Å². The highest BCUT2D eigenvalue weighted by Crippen LogP contribution is 2.24. The van der Waals surface area contributed by atoms with E-state index >= 15 is 0 Å². The standard InChI is InChI=1S/C11H23NO2S/c1-3-4-9-15(13,14)12-11-8-6-5-7-10(11)2/h10-12H,3-9H2,1-2H3/t10-,11-/m1/s1. The van der Waals surface area contributed by atoms with Crippen molar-refractivity contribution in [2.45, 2.75) is 58.4 Å².